The number of fused-ring (bicyclic) bond motifs is 1. The van der Waals surface area contributed by atoms with E-state index < -0.39 is 6.10 Å². The third-order valence-electron chi connectivity index (χ3n) is 2.88. The molecule has 1 aliphatic rings. The van der Waals surface area contributed by atoms with Crippen molar-refractivity contribution >= 4 is 0 Å². The summed E-state index contributed by atoms with van der Waals surface area (Å²) in [4.78, 5) is 0. The second-order valence-electron chi connectivity index (χ2n) is 4.52. The van der Waals surface area contributed by atoms with E-state index >= 15 is 0 Å². The molecule has 1 atom stereocenters. The van der Waals surface area contributed by atoms with E-state index in [0.717, 1.165) is 0 Å². The number of aliphatic hydroxyl groups is 1. The van der Waals surface area contributed by atoms with E-state index in [2.05, 4.69) is 0 Å². The summed E-state index contributed by atoms with van der Waals surface area (Å²) in [6.45, 7) is 3.09. The lowest BCUT2D eigenvalue weighted by Gasteiger charge is -2.19. The average Bonchev–Trinajstić information content (AvgIpc) is 2.52. The second kappa shape index (κ2) is 9.57. The van der Waals surface area contributed by atoms with Crippen molar-refractivity contribution in [3.8, 4) is 11.5 Å². The Labute approximate surface area is 124 Å². The summed E-state index contributed by atoms with van der Waals surface area (Å²) >= 11 is 0. The van der Waals surface area contributed by atoms with E-state index in [1.807, 2.05) is 18.2 Å². The SMILES string of the molecule is OCC1COCCOCCOCCOc2ccccc2O1. The van der Waals surface area contributed by atoms with Crippen LogP contribution in [0.5, 0.6) is 11.5 Å². The van der Waals surface area contributed by atoms with Gasteiger partial charge in [-0.3, -0.25) is 0 Å². The first kappa shape index (κ1) is 16.0. The smallest absolute Gasteiger partial charge is 0.161 e. The molecular weight excluding hydrogens is 276 g/mol. The van der Waals surface area contributed by atoms with Gasteiger partial charge >= 0.3 is 0 Å². The Hall–Kier alpha value is -1.34. The molecule has 0 fully saturated rings. The van der Waals surface area contributed by atoms with Crippen molar-refractivity contribution in [1.82, 2.24) is 0 Å². The Morgan fingerprint density at radius 3 is 2.19 bits per heavy atom. The van der Waals surface area contributed by atoms with Crippen LogP contribution in [0, 0.1) is 0 Å². The second-order valence-corrected chi connectivity index (χ2v) is 4.52. The highest BCUT2D eigenvalue weighted by Crippen LogP contribution is 2.27. The number of rotatable bonds is 1. The summed E-state index contributed by atoms with van der Waals surface area (Å²) in [7, 11) is 0. The Morgan fingerprint density at radius 1 is 0.857 bits per heavy atom. The molecule has 118 valence electrons. The Balaban J connectivity index is 1.99. The summed E-state index contributed by atoms with van der Waals surface area (Å²) < 4.78 is 27.6. The van der Waals surface area contributed by atoms with Gasteiger partial charge in [-0.15, -0.1) is 0 Å². The first-order valence-corrected chi connectivity index (χ1v) is 7.12. The molecule has 1 unspecified atom stereocenters. The lowest BCUT2D eigenvalue weighted by Crippen LogP contribution is -2.28. The number of benzene rings is 1. The van der Waals surface area contributed by atoms with E-state index in [9.17, 15) is 5.11 Å². The van der Waals surface area contributed by atoms with Gasteiger partial charge in [0.2, 0.25) is 0 Å². The summed E-state index contributed by atoms with van der Waals surface area (Å²) in [5.74, 6) is 1.22. The summed E-state index contributed by atoms with van der Waals surface area (Å²) in [5, 5.41) is 9.37. The molecule has 0 aromatic heterocycles. The zero-order chi connectivity index (χ0) is 14.8. The molecule has 1 aliphatic heterocycles. The van der Waals surface area contributed by atoms with Crippen molar-refractivity contribution in [2.24, 2.45) is 0 Å². The maximum Gasteiger partial charge on any atom is 0.161 e. The van der Waals surface area contributed by atoms with Gasteiger partial charge in [-0.2, -0.15) is 0 Å². The molecular formula is C15H22O6. The van der Waals surface area contributed by atoms with E-state index in [0.29, 0.717) is 57.7 Å². The van der Waals surface area contributed by atoms with Gasteiger partial charge in [0.15, 0.2) is 11.5 Å². The molecule has 1 aromatic carbocycles. The van der Waals surface area contributed by atoms with E-state index in [1.165, 1.54) is 0 Å². The number of hydrogen-bond acceptors (Lipinski definition) is 6. The van der Waals surface area contributed by atoms with E-state index in [-0.39, 0.29) is 6.61 Å². The first-order chi connectivity index (χ1) is 10.4. The molecule has 0 saturated carbocycles. The van der Waals surface area contributed by atoms with Crippen LogP contribution in [0.15, 0.2) is 24.3 Å². The third-order valence-corrected chi connectivity index (χ3v) is 2.88. The average molecular weight is 298 g/mol. The molecule has 6 heteroatoms. The minimum atomic E-state index is -0.434. The van der Waals surface area contributed by atoms with Crippen LogP contribution in [0.2, 0.25) is 0 Å². The molecule has 0 radical (unpaired) electrons. The van der Waals surface area contributed by atoms with Crippen LogP contribution in [0.4, 0.5) is 0 Å². The Kier molecular flexibility index (Phi) is 7.31. The number of aliphatic hydroxyl groups excluding tert-OH is 1. The zero-order valence-electron chi connectivity index (χ0n) is 12.0. The Morgan fingerprint density at radius 2 is 1.48 bits per heavy atom. The van der Waals surface area contributed by atoms with Crippen LogP contribution in [0.25, 0.3) is 0 Å². The topological polar surface area (TPSA) is 66.4 Å². The standard InChI is InChI=1S/C15H22O6/c16-11-13-12-19-8-7-17-5-6-18-9-10-20-14-3-1-2-4-15(14)21-13/h1-4,13,16H,5-12H2. The maximum atomic E-state index is 9.37. The van der Waals surface area contributed by atoms with Crippen LogP contribution in [0.3, 0.4) is 0 Å². The minimum absolute atomic E-state index is 0.127. The van der Waals surface area contributed by atoms with Crippen molar-refractivity contribution in [2.75, 3.05) is 52.9 Å². The molecule has 1 aromatic rings. The van der Waals surface area contributed by atoms with Gasteiger partial charge in [0.25, 0.3) is 0 Å². The summed E-state index contributed by atoms with van der Waals surface area (Å²) in [6, 6.07) is 7.36. The molecule has 0 aliphatic carbocycles. The normalized spacial score (nSPS) is 22.0. The molecule has 6 nitrogen and oxygen atoms in total. The van der Waals surface area contributed by atoms with Gasteiger partial charge in [0, 0.05) is 0 Å². The largest absolute Gasteiger partial charge is 0.487 e. The third kappa shape index (κ3) is 5.89. The van der Waals surface area contributed by atoms with E-state index in [4.69, 9.17) is 23.7 Å². The van der Waals surface area contributed by atoms with Crippen molar-refractivity contribution in [1.29, 1.82) is 0 Å². The van der Waals surface area contributed by atoms with Crippen LogP contribution in [-0.2, 0) is 14.2 Å². The molecule has 2 rings (SSSR count). The highest BCUT2D eigenvalue weighted by Gasteiger charge is 2.13. The number of para-hydroxylation sites is 2. The number of ether oxygens (including phenoxy) is 5. The highest BCUT2D eigenvalue weighted by molar-refractivity contribution is 5.39. The van der Waals surface area contributed by atoms with Crippen molar-refractivity contribution in [3.05, 3.63) is 24.3 Å². The van der Waals surface area contributed by atoms with Crippen LogP contribution in [0.1, 0.15) is 0 Å². The van der Waals surface area contributed by atoms with E-state index in [1.54, 1.807) is 6.07 Å². The quantitative estimate of drug-likeness (QED) is 0.830. The fraction of sp³-hybridized carbons (Fsp3) is 0.600. The molecule has 0 spiro atoms. The fourth-order valence-corrected chi connectivity index (χ4v) is 1.84. The van der Waals surface area contributed by atoms with Gasteiger partial charge in [-0.05, 0) is 12.1 Å². The predicted molar refractivity (Wildman–Crippen MR) is 75.9 cm³/mol. The van der Waals surface area contributed by atoms with Gasteiger partial charge in [-0.25, -0.2) is 0 Å². The predicted octanol–water partition coefficient (Wildman–Crippen LogP) is 0.869. The summed E-state index contributed by atoms with van der Waals surface area (Å²) in [6.07, 6.45) is -0.434. The monoisotopic (exact) mass is 298 g/mol. The van der Waals surface area contributed by atoms with Gasteiger partial charge in [0.1, 0.15) is 12.7 Å². The molecule has 1 N–H and O–H groups in total. The van der Waals surface area contributed by atoms with Crippen molar-refractivity contribution in [3.63, 3.8) is 0 Å². The van der Waals surface area contributed by atoms with Gasteiger partial charge in [-0.1, -0.05) is 12.1 Å². The fourth-order valence-electron chi connectivity index (χ4n) is 1.84. The lowest BCUT2D eigenvalue weighted by molar-refractivity contribution is -0.0146. The first-order valence-electron chi connectivity index (χ1n) is 7.12. The molecule has 21 heavy (non-hydrogen) atoms. The van der Waals surface area contributed by atoms with Crippen LogP contribution < -0.4 is 9.47 Å². The van der Waals surface area contributed by atoms with Gasteiger partial charge < -0.3 is 28.8 Å². The Bertz CT molecular complexity index is 398. The lowest BCUT2D eigenvalue weighted by atomic mass is 10.3. The van der Waals surface area contributed by atoms with Crippen molar-refractivity contribution in [2.45, 2.75) is 6.10 Å². The molecule has 1 heterocycles. The zero-order valence-corrected chi connectivity index (χ0v) is 12.0. The van der Waals surface area contributed by atoms with Gasteiger partial charge in [0.05, 0.1) is 46.2 Å². The van der Waals surface area contributed by atoms with Crippen LogP contribution in [-0.4, -0.2) is 64.1 Å². The van der Waals surface area contributed by atoms with Crippen LogP contribution >= 0.6 is 0 Å². The molecule has 0 bridgehead atoms. The molecule has 0 amide bonds. The number of hydrogen-bond donors (Lipinski definition) is 1. The molecule has 0 saturated heterocycles. The minimum Gasteiger partial charge on any atom is -0.487 e. The van der Waals surface area contributed by atoms with Crippen molar-refractivity contribution < 1.29 is 28.8 Å². The maximum absolute atomic E-state index is 9.37. The highest BCUT2D eigenvalue weighted by atomic mass is 16.6. The summed E-state index contributed by atoms with van der Waals surface area (Å²) in [5.41, 5.74) is 0.